The Morgan fingerprint density at radius 3 is 2.00 bits per heavy atom. The van der Waals surface area contributed by atoms with Crippen molar-refractivity contribution >= 4 is 17.9 Å². The second-order valence-corrected chi connectivity index (χ2v) is 9.92. The van der Waals surface area contributed by atoms with E-state index in [0.29, 0.717) is 55.7 Å². The number of hydrogen-bond donors (Lipinski definition) is 1. The summed E-state index contributed by atoms with van der Waals surface area (Å²) >= 11 is 0. The molecule has 204 valence electrons. The Balaban J connectivity index is 1.33. The van der Waals surface area contributed by atoms with Gasteiger partial charge in [-0.05, 0) is 48.2 Å². The molecular formula is C27H31F3N4O4. The molecule has 2 aliphatic heterocycles. The number of carbonyl (C=O) groups is 3. The quantitative estimate of drug-likeness (QED) is 0.613. The first kappa shape index (κ1) is 27.4. The Kier molecular flexibility index (Phi) is 7.96. The van der Waals surface area contributed by atoms with Crippen molar-refractivity contribution in [1.82, 2.24) is 19.6 Å². The third kappa shape index (κ3) is 6.09. The predicted octanol–water partition coefficient (Wildman–Crippen LogP) is 3.73. The third-order valence-corrected chi connectivity index (χ3v) is 7.44. The molecule has 1 N–H and O–H groups in total. The van der Waals surface area contributed by atoms with E-state index in [1.807, 2.05) is 4.90 Å². The van der Waals surface area contributed by atoms with Gasteiger partial charge in [0.05, 0.1) is 18.2 Å². The lowest BCUT2D eigenvalue weighted by Crippen LogP contribution is -2.47. The molecule has 2 aromatic rings. The van der Waals surface area contributed by atoms with E-state index < -0.39 is 17.7 Å². The normalized spacial score (nSPS) is 20.0. The highest BCUT2D eigenvalue weighted by molar-refractivity contribution is 5.95. The van der Waals surface area contributed by atoms with Crippen molar-refractivity contribution in [2.24, 2.45) is 0 Å². The second kappa shape index (κ2) is 11.0. The van der Waals surface area contributed by atoms with Crippen LogP contribution in [0.2, 0.25) is 0 Å². The number of alkyl halides is 3. The molecule has 8 nitrogen and oxygen atoms in total. The molecule has 2 saturated heterocycles. The maximum atomic E-state index is 13.1. The van der Waals surface area contributed by atoms with Gasteiger partial charge in [0.15, 0.2) is 0 Å². The topological polar surface area (TPSA) is 84.4 Å². The van der Waals surface area contributed by atoms with Gasteiger partial charge >= 0.3 is 18.2 Å². The molecule has 0 aliphatic carbocycles. The molecule has 0 saturated carbocycles. The number of urea groups is 1. The Labute approximate surface area is 219 Å². The minimum absolute atomic E-state index is 0.0391. The van der Waals surface area contributed by atoms with E-state index >= 15 is 0 Å². The number of carboxylic acids is 1. The van der Waals surface area contributed by atoms with Crippen LogP contribution < -0.4 is 0 Å². The summed E-state index contributed by atoms with van der Waals surface area (Å²) in [4.78, 5) is 44.0. The fourth-order valence-corrected chi connectivity index (χ4v) is 5.10. The first-order valence-electron chi connectivity index (χ1n) is 12.4. The zero-order valence-electron chi connectivity index (χ0n) is 21.3. The molecule has 3 amide bonds. The number of benzene rings is 2. The van der Waals surface area contributed by atoms with Crippen molar-refractivity contribution in [2.75, 3.05) is 46.8 Å². The smallest absolute Gasteiger partial charge is 0.416 e. The van der Waals surface area contributed by atoms with Gasteiger partial charge in [0.2, 0.25) is 0 Å². The average Bonchev–Trinajstić information content (AvgIpc) is 3.56. The van der Waals surface area contributed by atoms with Crippen LogP contribution >= 0.6 is 0 Å². The molecule has 0 radical (unpaired) electrons. The molecule has 0 unspecified atom stereocenters. The van der Waals surface area contributed by atoms with Gasteiger partial charge in [-0.15, -0.1) is 0 Å². The van der Waals surface area contributed by atoms with Crippen LogP contribution in [-0.4, -0.2) is 102 Å². The zero-order chi connectivity index (χ0) is 27.6. The maximum Gasteiger partial charge on any atom is 0.416 e. The van der Waals surface area contributed by atoms with Crippen molar-refractivity contribution in [3.05, 3.63) is 59.7 Å². The number of amides is 3. The summed E-state index contributed by atoms with van der Waals surface area (Å²) in [6.45, 7) is 2.03. The van der Waals surface area contributed by atoms with E-state index in [0.717, 1.165) is 12.1 Å². The number of hydrogen-bond acceptors (Lipinski definition) is 4. The first-order chi connectivity index (χ1) is 17.9. The van der Waals surface area contributed by atoms with Gasteiger partial charge in [0.25, 0.3) is 5.91 Å². The number of carbonyl (C=O) groups excluding carboxylic acids is 2. The molecule has 0 bridgehead atoms. The fourth-order valence-electron chi connectivity index (χ4n) is 5.10. The molecular weight excluding hydrogens is 501 g/mol. The number of halogens is 3. The summed E-state index contributed by atoms with van der Waals surface area (Å²) in [7, 11) is 3.44. The van der Waals surface area contributed by atoms with E-state index in [2.05, 4.69) is 0 Å². The Bertz CT molecular complexity index is 1170. The van der Waals surface area contributed by atoms with Crippen molar-refractivity contribution < 1.29 is 32.7 Å². The van der Waals surface area contributed by atoms with Crippen molar-refractivity contribution in [1.29, 1.82) is 0 Å². The fraction of sp³-hybridized carbons (Fsp3) is 0.444. The zero-order valence-corrected chi connectivity index (χ0v) is 21.3. The summed E-state index contributed by atoms with van der Waals surface area (Å²) in [5.74, 6) is -1.08. The Morgan fingerprint density at radius 2 is 1.42 bits per heavy atom. The van der Waals surface area contributed by atoms with Crippen molar-refractivity contribution in [3.8, 4) is 11.1 Å². The molecule has 2 aromatic carbocycles. The number of likely N-dealkylation sites (tertiary alicyclic amines) is 2. The van der Waals surface area contributed by atoms with Crippen LogP contribution in [0.25, 0.3) is 11.1 Å². The summed E-state index contributed by atoms with van der Waals surface area (Å²) < 4.78 is 38.4. The number of rotatable bonds is 6. The van der Waals surface area contributed by atoms with Gasteiger partial charge in [0, 0.05) is 51.9 Å². The van der Waals surface area contributed by atoms with Crippen LogP contribution in [0.5, 0.6) is 0 Å². The van der Waals surface area contributed by atoms with E-state index in [1.54, 1.807) is 53.1 Å². The van der Waals surface area contributed by atoms with Crippen LogP contribution in [0.1, 0.15) is 28.8 Å². The second-order valence-electron chi connectivity index (χ2n) is 9.92. The average molecular weight is 533 g/mol. The number of carboxylic acid groups (broad SMARTS) is 1. The molecule has 2 aliphatic rings. The number of nitrogens with zero attached hydrogens (tertiary/aromatic N) is 4. The molecule has 0 aromatic heterocycles. The summed E-state index contributed by atoms with van der Waals surface area (Å²) in [5.41, 5.74) is 1.06. The van der Waals surface area contributed by atoms with E-state index in [4.69, 9.17) is 5.11 Å². The molecule has 4 rings (SSSR count). The van der Waals surface area contributed by atoms with Gasteiger partial charge in [-0.1, -0.05) is 24.3 Å². The van der Waals surface area contributed by atoms with Crippen molar-refractivity contribution in [3.63, 3.8) is 0 Å². The van der Waals surface area contributed by atoms with Crippen LogP contribution in [0.3, 0.4) is 0 Å². The largest absolute Gasteiger partial charge is 0.480 e. The Hall–Kier alpha value is -3.60. The van der Waals surface area contributed by atoms with Crippen LogP contribution in [0.4, 0.5) is 18.0 Å². The molecule has 2 fully saturated rings. The standard InChI is InChI=1S/C27H31F3N4O4/c1-31(23-12-14-34(16-23)26(38)32(2)22-11-13-33(15-22)17-24(35)36)25(37)20-5-3-18(4-6-20)19-7-9-21(10-8-19)27(28,29)30/h3-10,22-23H,11-17H2,1-2H3,(H,35,36)/t22-,23+/m1/s1. The summed E-state index contributed by atoms with van der Waals surface area (Å²) in [6.07, 6.45) is -3.04. The monoisotopic (exact) mass is 532 g/mol. The van der Waals surface area contributed by atoms with Gasteiger partial charge in [-0.2, -0.15) is 13.2 Å². The Morgan fingerprint density at radius 1 is 0.868 bits per heavy atom. The highest BCUT2D eigenvalue weighted by Crippen LogP contribution is 2.31. The SMILES string of the molecule is CN(C(=O)c1ccc(-c2ccc(C(F)(F)F)cc2)cc1)[C@H]1CCN(C(=O)N(C)[C@@H]2CCN(CC(=O)O)C2)C1. The third-order valence-electron chi connectivity index (χ3n) is 7.44. The first-order valence-corrected chi connectivity index (χ1v) is 12.4. The summed E-state index contributed by atoms with van der Waals surface area (Å²) in [5, 5.41) is 8.99. The molecule has 2 heterocycles. The number of aliphatic carboxylic acids is 1. The van der Waals surface area contributed by atoms with Gasteiger partial charge in [0.1, 0.15) is 0 Å². The molecule has 2 atom stereocenters. The predicted molar refractivity (Wildman–Crippen MR) is 135 cm³/mol. The van der Waals surface area contributed by atoms with Gasteiger partial charge in [-0.25, -0.2) is 4.79 Å². The van der Waals surface area contributed by atoms with Crippen LogP contribution in [0.15, 0.2) is 48.5 Å². The van der Waals surface area contributed by atoms with Gasteiger partial charge < -0.3 is 19.8 Å². The van der Waals surface area contributed by atoms with E-state index in [1.165, 1.54) is 12.1 Å². The molecule has 11 heteroatoms. The molecule has 0 spiro atoms. The van der Waals surface area contributed by atoms with Gasteiger partial charge in [-0.3, -0.25) is 14.5 Å². The highest BCUT2D eigenvalue weighted by atomic mass is 19.4. The number of likely N-dealkylation sites (N-methyl/N-ethyl adjacent to an activating group) is 2. The van der Waals surface area contributed by atoms with Crippen LogP contribution in [0, 0.1) is 0 Å². The van der Waals surface area contributed by atoms with E-state index in [-0.39, 0.29) is 30.6 Å². The molecule has 38 heavy (non-hydrogen) atoms. The van der Waals surface area contributed by atoms with Crippen LogP contribution in [-0.2, 0) is 11.0 Å². The maximum absolute atomic E-state index is 13.1. The van der Waals surface area contributed by atoms with E-state index in [9.17, 15) is 27.6 Å². The highest BCUT2D eigenvalue weighted by Gasteiger charge is 2.36. The lowest BCUT2D eigenvalue weighted by molar-refractivity contribution is -0.138. The summed E-state index contributed by atoms with van der Waals surface area (Å²) in [6, 6.07) is 11.3. The van der Waals surface area contributed by atoms with Crippen molar-refractivity contribution in [2.45, 2.75) is 31.1 Å². The minimum atomic E-state index is -4.39. The lowest BCUT2D eigenvalue weighted by atomic mass is 10.0. The minimum Gasteiger partial charge on any atom is -0.480 e. The lowest BCUT2D eigenvalue weighted by Gasteiger charge is -2.30.